The largest absolute Gasteiger partial charge is 0.472 e. The number of aromatic nitrogens is 2. The van der Waals surface area contributed by atoms with Crippen LogP contribution in [0, 0.1) is 0 Å². The highest BCUT2D eigenvalue weighted by Crippen LogP contribution is 2.29. The molecule has 2 aromatic rings. The van der Waals surface area contributed by atoms with Gasteiger partial charge >= 0.3 is 6.18 Å². The maximum absolute atomic E-state index is 12.3. The van der Waals surface area contributed by atoms with Gasteiger partial charge in [0.1, 0.15) is 6.61 Å². The van der Waals surface area contributed by atoms with Crippen LogP contribution < -0.4 is 4.74 Å². The summed E-state index contributed by atoms with van der Waals surface area (Å²) in [5.74, 6) is 0.254. The van der Waals surface area contributed by atoms with Gasteiger partial charge < -0.3 is 4.74 Å². The Morgan fingerprint density at radius 1 is 1.00 bits per heavy atom. The fourth-order valence-electron chi connectivity index (χ4n) is 1.33. The second-order valence-corrected chi connectivity index (χ2v) is 4.06. The average Bonchev–Trinajstić information content (AvgIpc) is 2.37. The third-order valence-electron chi connectivity index (χ3n) is 2.28. The minimum absolute atomic E-state index is 0.106. The van der Waals surface area contributed by atoms with Gasteiger partial charge in [0, 0.05) is 6.07 Å². The quantitative estimate of drug-likeness (QED) is 0.863. The molecule has 0 aliphatic rings. The van der Waals surface area contributed by atoms with Crippen LogP contribution in [0.5, 0.6) is 5.88 Å². The lowest BCUT2D eigenvalue weighted by Crippen LogP contribution is -2.05. The van der Waals surface area contributed by atoms with E-state index in [1.807, 2.05) is 0 Å². The highest BCUT2D eigenvalue weighted by atomic mass is 35.5. The first-order valence-electron chi connectivity index (χ1n) is 5.23. The molecule has 1 aromatic carbocycles. The van der Waals surface area contributed by atoms with Crippen LogP contribution in [0.2, 0.25) is 5.15 Å². The van der Waals surface area contributed by atoms with E-state index < -0.39 is 11.7 Å². The van der Waals surface area contributed by atoms with E-state index in [0.717, 1.165) is 12.1 Å². The van der Waals surface area contributed by atoms with E-state index in [1.165, 1.54) is 24.3 Å². The van der Waals surface area contributed by atoms with Crippen LogP contribution in [0.3, 0.4) is 0 Å². The van der Waals surface area contributed by atoms with Gasteiger partial charge in [-0.25, -0.2) is 0 Å². The molecule has 0 aliphatic carbocycles. The van der Waals surface area contributed by atoms with Gasteiger partial charge in [0.05, 0.1) is 5.56 Å². The second-order valence-electron chi connectivity index (χ2n) is 3.68. The van der Waals surface area contributed by atoms with E-state index in [1.54, 1.807) is 0 Å². The number of rotatable bonds is 3. The molecule has 0 N–H and O–H groups in total. The van der Waals surface area contributed by atoms with Gasteiger partial charge in [0.15, 0.2) is 5.15 Å². The zero-order valence-corrected chi connectivity index (χ0v) is 10.2. The minimum atomic E-state index is -4.33. The fraction of sp³-hybridized carbons (Fsp3) is 0.167. The maximum atomic E-state index is 12.3. The number of ether oxygens (including phenoxy) is 1. The Kier molecular flexibility index (Phi) is 3.90. The molecule has 0 aliphatic heterocycles. The van der Waals surface area contributed by atoms with E-state index in [2.05, 4.69) is 10.2 Å². The van der Waals surface area contributed by atoms with Crippen molar-refractivity contribution in [3.63, 3.8) is 0 Å². The monoisotopic (exact) mass is 288 g/mol. The summed E-state index contributed by atoms with van der Waals surface area (Å²) in [6.07, 6.45) is -4.33. The van der Waals surface area contributed by atoms with Gasteiger partial charge in [-0.15, -0.1) is 10.2 Å². The number of alkyl halides is 3. The van der Waals surface area contributed by atoms with Crippen LogP contribution in [0.4, 0.5) is 13.2 Å². The Morgan fingerprint density at radius 2 is 1.68 bits per heavy atom. The molecule has 0 fully saturated rings. The maximum Gasteiger partial charge on any atom is 0.416 e. The summed E-state index contributed by atoms with van der Waals surface area (Å²) in [7, 11) is 0. The van der Waals surface area contributed by atoms with E-state index in [4.69, 9.17) is 16.3 Å². The molecule has 0 bridgehead atoms. The van der Waals surface area contributed by atoms with Crippen molar-refractivity contribution < 1.29 is 17.9 Å². The van der Waals surface area contributed by atoms with Crippen LogP contribution >= 0.6 is 11.6 Å². The fourth-order valence-corrected chi connectivity index (χ4v) is 1.43. The molecule has 3 nitrogen and oxygen atoms in total. The SMILES string of the molecule is FC(F)(F)c1ccc(COc2ccc(Cl)nn2)cc1. The lowest BCUT2D eigenvalue weighted by Gasteiger charge is -2.08. The topological polar surface area (TPSA) is 35.0 Å². The van der Waals surface area contributed by atoms with Gasteiger partial charge in [0.2, 0.25) is 5.88 Å². The van der Waals surface area contributed by atoms with Gasteiger partial charge in [-0.2, -0.15) is 13.2 Å². The lowest BCUT2D eigenvalue weighted by atomic mass is 10.1. The Hall–Kier alpha value is -1.82. The molecule has 2 rings (SSSR count). The number of halogens is 4. The molecular formula is C12H8ClF3N2O. The van der Waals surface area contributed by atoms with Crippen molar-refractivity contribution in [2.75, 3.05) is 0 Å². The molecule has 0 unspecified atom stereocenters. The lowest BCUT2D eigenvalue weighted by molar-refractivity contribution is -0.137. The minimum Gasteiger partial charge on any atom is -0.472 e. The Morgan fingerprint density at radius 3 is 2.21 bits per heavy atom. The number of benzene rings is 1. The van der Waals surface area contributed by atoms with Crippen molar-refractivity contribution in [3.05, 3.63) is 52.7 Å². The van der Waals surface area contributed by atoms with Crippen molar-refractivity contribution in [2.24, 2.45) is 0 Å². The molecule has 0 saturated carbocycles. The van der Waals surface area contributed by atoms with Crippen molar-refractivity contribution in [2.45, 2.75) is 12.8 Å². The summed E-state index contributed by atoms with van der Waals surface area (Å²) in [6.45, 7) is 0.106. The predicted octanol–water partition coefficient (Wildman–Crippen LogP) is 3.73. The second kappa shape index (κ2) is 5.44. The summed E-state index contributed by atoms with van der Waals surface area (Å²) >= 11 is 5.55. The van der Waals surface area contributed by atoms with Crippen molar-refractivity contribution in [3.8, 4) is 5.88 Å². The number of hydrogen-bond donors (Lipinski definition) is 0. The third kappa shape index (κ3) is 3.82. The third-order valence-corrected chi connectivity index (χ3v) is 2.48. The number of hydrogen-bond acceptors (Lipinski definition) is 3. The predicted molar refractivity (Wildman–Crippen MR) is 62.8 cm³/mol. The normalized spacial score (nSPS) is 11.4. The van der Waals surface area contributed by atoms with Gasteiger partial charge in [-0.1, -0.05) is 23.7 Å². The first-order chi connectivity index (χ1) is 8.95. The summed E-state index contributed by atoms with van der Waals surface area (Å²) in [4.78, 5) is 0. The van der Waals surface area contributed by atoms with Crippen LogP contribution in [0.25, 0.3) is 0 Å². The molecule has 7 heteroatoms. The molecule has 1 aromatic heterocycles. The standard InChI is InChI=1S/C12H8ClF3N2O/c13-10-5-6-11(18-17-10)19-7-8-1-3-9(4-2-8)12(14,15)16/h1-6H,7H2. The average molecular weight is 289 g/mol. The van der Waals surface area contributed by atoms with Crippen molar-refractivity contribution in [1.82, 2.24) is 10.2 Å². The Balaban J connectivity index is 1.98. The summed E-state index contributed by atoms with van der Waals surface area (Å²) in [5.41, 5.74) is -0.0905. The van der Waals surface area contributed by atoms with Gasteiger partial charge in [-0.05, 0) is 23.8 Å². The molecule has 0 spiro atoms. The highest BCUT2D eigenvalue weighted by Gasteiger charge is 2.29. The zero-order chi connectivity index (χ0) is 13.9. The summed E-state index contributed by atoms with van der Waals surface area (Å²) in [6, 6.07) is 7.76. The summed E-state index contributed by atoms with van der Waals surface area (Å²) < 4.78 is 42.3. The zero-order valence-electron chi connectivity index (χ0n) is 9.49. The van der Waals surface area contributed by atoms with Crippen LogP contribution in [-0.4, -0.2) is 10.2 Å². The molecule has 1 heterocycles. The molecule has 19 heavy (non-hydrogen) atoms. The first-order valence-corrected chi connectivity index (χ1v) is 5.61. The van der Waals surface area contributed by atoms with E-state index in [9.17, 15) is 13.2 Å². The van der Waals surface area contributed by atoms with Crippen LogP contribution in [-0.2, 0) is 12.8 Å². The van der Waals surface area contributed by atoms with E-state index in [0.29, 0.717) is 5.56 Å². The Bertz CT molecular complexity index is 540. The van der Waals surface area contributed by atoms with Crippen LogP contribution in [0.1, 0.15) is 11.1 Å². The molecule has 100 valence electrons. The summed E-state index contributed by atoms with van der Waals surface area (Å²) in [5, 5.41) is 7.48. The van der Waals surface area contributed by atoms with Crippen molar-refractivity contribution >= 4 is 11.6 Å². The Labute approximate surface area is 112 Å². The smallest absolute Gasteiger partial charge is 0.416 e. The van der Waals surface area contributed by atoms with Crippen LogP contribution in [0.15, 0.2) is 36.4 Å². The number of nitrogens with zero attached hydrogens (tertiary/aromatic N) is 2. The van der Waals surface area contributed by atoms with E-state index >= 15 is 0 Å². The molecule has 0 atom stereocenters. The molecular weight excluding hydrogens is 281 g/mol. The van der Waals surface area contributed by atoms with Gasteiger partial charge in [-0.3, -0.25) is 0 Å². The van der Waals surface area contributed by atoms with Crippen molar-refractivity contribution in [1.29, 1.82) is 0 Å². The van der Waals surface area contributed by atoms with E-state index in [-0.39, 0.29) is 17.6 Å². The molecule has 0 radical (unpaired) electrons. The molecule has 0 amide bonds. The highest BCUT2D eigenvalue weighted by molar-refractivity contribution is 6.29. The van der Waals surface area contributed by atoms with Gasteiger partial charge in [0.25, 0.3) is 0 Å². The first kappa shape index (κ1) is 13.6. The molecule has 0 saturated heterocycles.